The van der Waals surface area contributed by atoms with Crippen LogP contribution in [0.25, 0.3) is 0 Å². The maximum absolute atomic E-state index is 12.2. The Morgan fingerprint density at radius 2 is 1.92 bits per heavy atom. The molecule has 6 nitrogen and oxygen atoms in total. The average molecular weight is 340 g/mol. The standard InChI is InChI=1S/C19H20N2O4/c1-24-16-9-7-14(8-10-16)19(23)20-11-17-12-21(18(22)13-25-17)15-5-3-2-4-6-15/h2-10,17H,11-13H2,1H3,(H,20,23). The number of amides is 2. The van der Waals surface area contributed by atoms with Crippen LogP contribution in [0.1, 0.15) is 10.4 Å². The lowest BCUT2D eigenvalue weighted by Gasteiger charge is -2.32. The molecule has 1 fully saturated rings. The smallest absolute Gasteiger partial charge is 0.253 e. The summed E-state index contributed by atoms with van der Waals surface area (Å²) in [6.07, 6.45) is -0.250. The number of rotatable bonds is 5. The lowest BCUT2D eigenvalue weighted by Crippen LogP contribution is -2.50. The lowest BCUT2D eigenvalue weighted by molar-refractivity contribution is -0.129. The van der Waals surface area contributed by atoms with E-state index in [0.717, 1.165) is 5.69 Å². The summed E-state index contributed by atoms with van der Waals surface area (Å²) in [5, 5.41) is 2.85. The zero-order chi connectivity index (χ0) is 17.6. The Bertz CT molecular complexity index is 731. The molecule has 2 amide bonds. The molecule has 0 spiro atoms. The van der Waals surface area contributed by atoms with Gasteiger partial charge in [0.25, 0.3) is 11.8 Å². The Labute approximate surface area is 146 Å². The molecule has 0 radical (unpaired) electrons. The zero-order valence-corrected chi connectivity index (χ0v) is 14.0. The molecular weight excluding hydrogens is 320 g/mol. The Balaban J connectivity index is 1.57. The van der Waals surface area contributed by atoms with E-state index in [1.165, 1.54) is 0 Å². The third kappa shape index (κ3) is 4.16. The van der Waals surface area contributed by atoms with Gasteiger partial charge in [0, 0.05) is 17.8 Å². The largest absolute Gasteiger partial charge is 0.497 e. The van der Waals surface area contributed by atoms with Gasteiger partial charge in [-0.2, -0.15) is 0 Å². The van der Waals surface area contributed by atoms with Gasteiger partial charge in [-0.3, -0.25) is 9.59 Å². The zero-order valence-electron chi connectivity index (χ0n) is 14.0. The van der Waals surface area contributed by atoms with E-state index in [-0.39, 0.29) is 24.5 Å². The SMILES string of the molecule is COc1ccc(C(=O)NCC2CN(c3ccccc3)C(=O)CO2)cc1. The molecule has 1 N–H and O–H groups in total. The van der Waals surface area contributed by atoms with E-state index in [0.29, 0.717) is 24.4 Å². The molecule has 1 heterocycles. The van der Waals surface area contributed by atoms with Gasteiger partial charge in [-0.05, 0) is 36.4 Å². The molecule has 1 atom stereocenters. The number of para-hydroxylation sites is 1. The normalized spacial score (nSPS) is 17.2. The minimum atomic E-state index is -0.250. The molecule has 0 aliphatic carbocycles. The summed E-state index contributed by atoms with van der Waals surface area (Å²) in [6.45, 7) is 0.755. The van der Waals surface area contributed by atoms with Crippen LogP contribution in [0.4, 0.5) is 5.69 Å². The first-order valence-electron chi connectivity index (χ1n) is 8.06. The quantitative estimate of drug-likeness (QED) is 0.902. The van der Waals surface area contributed by atoms with Gasteiger partial charge >= 0.3 is 0 Å². The van der Waals surface area contributed by atoms with Crippen LogP contribution >= 0.6 is 0 Å². The van der Waals surface area contributed by atoms with Crippen molar-refractivity contribution in [1.29, 1.82) is 0 Å². The maximum Gasteiger partial charge on any atom is 0.253 e. The Hall–Kier alpha value is -2.86. The molecule has 0 saturated carbocycles. The van der Waals surface area contributed by atoms with Crippen LogP contribution in [0.2, 0.25) is 0 Å². The summed E-state index contributed by atoms with van der Waals surface area (Å²) in [5.74, 6) is 0.433. The minimum absolute atomic E-state index is 0.0119. The van der Waals surface area contributed by atoms with Gasteiger partial charge < -0.3 is 19.7 Å². The number of anilines is 1. The highest BCUT2D eigenvalue weighted by molar-refractivity contribution is 5.95. The second-order valence-electron chi connectivity index (χ2n) is 5.71. The molecule has 2 aromatic rings. The van der Waals surface area contributed by atoms with Gasteiger partial charge in [0.2, 0.25) is 0 Å². The highest BCUT2D eigenvalue weighted by Gasteiger charge is 2.27. The number of hydrogen-bond acceptors (Lipinski definition) is 4. The van der Waals surface area contributed by atoms with Crippen molar-refractivity contribution in [3.8, 4) is 5.75 Å². The van der Waals surface area contributed by atoms with E-state index in [1.54, 1.807) is 36.3 Å². The molecule has 25 heavy (non-hydrogen) atoms. The molecule has 130 valence electrons. The number of nitrogens with zero attached hydrogens (tertiary/aromatic N) is 1. The molecule has 1 unspecified atom stereocenters. The van der Waals surface area contributed by atoms with Crippen molar-refractivity contribution in [2.45, 2.75) is 6.10 Å². The van der Waals surface area contributed by atoms with E-state index >= 15 is 0 Å². The number of benzene rings is 2. The lowest BCUT2D eigenvalue weighted by atomic mass is 10.2. The first-order valence-corrected chi connectivity index (χ1v) is 8.06. The fourth-order valence-electron chi connectivity index (χ4n) is 2.66. The fraction of sp³-hybridized carbons (Fsp3) is 0.263. The van der Waals surface area contributed by atoms with Crippen molar-refractivity contribution in [2.75, 3.05) is 31.7 Å². The molecule has 1 aliphatic rings. The van der Waals surface area contributed by atoms with E-state index in [1.807, 2.05) is 30.3 Å². The van der Waals surface area contributed by atoms with Crippen LogP contribution in [0.5, 0.6) is 5.75 Å². The maximum atomic E-state index is 12.2. The second-order valence-corrected chi connectivity index (χ2v) is 5.71. The van der Waals surface area contributed by atoms with Crippen LogP contribution in [0.3, 0.4) is 0 Å². The number of carbonyl (C=O) groups is 2. The van der Waals surface area contributed by atoms with Gasteiger partial charge in [-0.15, -0.1) is 0 Å². The fourth-order valence-corrected chi connectivity index (χ4v) is 2.66. The molecule has 0 bridgehead atoms. The number of methoxy groups -OCH3 is 1. The first kappa shape index (κ1) is 17.0. The van der Waals surface area contributed by atoms with Crippen molar-refractivity contribution in [3.05, 3.63) is 60.2 Å². The highest BCUT2D eigenvalue weighted by atomic mass is 16.5. The number of carbonyl (C=O) groups excluding carboxylic acids is 2. The Morgan fingerprint density at radius 1 is 1.20 bits per heavy atom. The molecular formula is C19H20N2O4. The number of nitrogens with one attached hydrogen (secondary N) is 1. The van der Waals surface area contributed by atoms with Crippen LogP contribution in [-0.4, -0.2) is 44.7 Å². The van der Waals surface area contributed by atoms with Crippen molar-refractivity contribution < 1.29 is 19.1 Å². The van der Waals surface area contributed by atoms with Crippen molar-refractivity contribution in [2.24, 2.45) is 0 Å². The third-order valence-corrected chi connectivity index (χ3v) is 4.04. The van der Waals surface area contributed by atoms with Crippen LogP contribution in [0, 0.1) is 0 Å². The van der Waals surface area contributed by atoms with Gasteiger partial charge in [-0.25, -0.2) is 0 Å². The predicted octanol–water partition coefficient (Wildman–Crippen LogP) is 1.86. The Morgan fingerprint density at radius 3 is 2.60 bits per heavy atom. The molecule has 3 rings (SSSR count). The van der Waals surface area contributed by atoms with Crippen LogP contribution in [-0.2, 0) is 9.53 Å². The predicted molar refractivity (Wildman–Crippen MR) is 93.9 cm³/mol. The summed E-state index contributed by atoms with van der Waals surface area (Å²) in [7, 11) is 1.58. The van der Waals surface area contributed by atoms with Crippen molar-refractivity contribution in [3.63, 3.8) is 0 Å². The summed E-state index contributed by atoms with van der Waals surface area (Å²) in [4.78, 5) is 26.0. The van der Waals surface area contributed by atoms with Crippen LogP contribution in [0.15, 0.2) is 54.6 Å². The molecule has 6 heteroatoms. The summed E-state index contributed by atoms with van der Waals surface area (Å²) in [5.41, 5.74) is 1.38. The second kappa shape index (κ2) is 7.81. The van der Waals surface area contributed by atoms with Crippen molar-refractivity contribution >= 4 is 17.5 Å². The summed E-state index contributed by atoms with van der Waals surface area (Å²) in [6, 6.07) is 16.3. The third-order valence-electron chi connectivity index (χ3n) is 4.04. The van der Waals surface area contributed by atoms with E-state index < -0.39 is 0 Å². The van der Waals surface area contributed by atoms with Gasteiger partial charge in [0.1, 0.15) is 12.4 Å². The first-order chi connectivity index (χ1) is 12.2. The topological polar surface area (TPSA) is 67.9 Å². The number of ether oxygens (including phenoxy) is 2. The van der Waals surface area contributed by atoms with E-state index in [9.17, 15) is 9.59 Å². The molecule has 0 aromatic heterocycles. The summed E-state index contributed by atoms with van der Waals surface area (Å²) < 4.78 is 10.6. The highest BCUT2D eigenvalue weighted by Crippen LogP contribution is 2.18. The number of morpholine rings is 1. The van der Waals surface area contributed by atoms with Crippen molar-refractivity contribution in [1.82, 2.24) is 5.32 Å². The molecule has 1 aliphatic heterocycles. The van der Waals surface area contributed by atoms with Gasteiger partial charge in [-0.1, -0.05) is 18.2 Å². The summed E-state index contributed by atoms with van der Waals surface area (Å²) >= 11 is 0. The van der Waals surface area contributed by atoms with E-state index in [4.69, 9.17) is 9.47 Å². The van der Waals surface area contributed by atoms with Crippen LogP contribution < -0.4 is 15.0 Å². The van der Waals surface area contributed by atoms with Gasteiger partial charge in [0.05, 0.1) is 19.8 Å². The molecule has 1 saturated heterocycles. The van der Waals surface area contributed by atoms with Gasteiger partial charge in [0.15, 0.2) is 0 Å². The molecule has 2 aromatic carbocycles. The minimum Gasteiger partial charge on any atom is -0.497 e. The monoisotopic (exact) mass is 340 g/mol. The Kier molecular flexibility index (Phi) is 5.30. The average Bonchev–Trinajstić information content (AvgIpc) is 2.68. The number of hydrogen-bond donors (Lipinski definition) is 1. The van der Waals surface area contributed by atoms with E-state index in [2.05, 4.69) is 5.32 Å².